The Morgan fingerprint density at radius 3 is 2.27 bits per heavy atom. The Morgan fingerprint density at radius 2 is 1.61 bits per heavy atom. The number of H-pyrrole nitrogens is 1. The van der Waals surface area contributed by atoms with Crippen LogP contribution in [0.1, 0.15) is 29.5 Å². The van der Waals surface area contributed by atoms with Gasteiger partial charge in [-0.1, -0.05) is 60.7 Å². The first-order chi connectivity index (χ1) is 16.3. The minimum Gasteiger partial charge on any atom is -0.428 e. The Balaban J connectivity index is 1.25. The van der Waals surface area contributed by atoms with Gasteiger partial charge in [0, 0.05) is 53.9 Å². The maximum absolute atomic E-state index is 10.4. The molecule has 1 fully saturated rings. The molecule has 1 aliphatic heterocycles. The van der Waals surface area contributed by atoms with Crippen LogP contribution in [0.15, 0.2) is 84.2 Å². The van der Waals surface area contributed by atoms with Gasteiger partial charge in [0.15, 0.2) is 0 Å². The van der Waals surface area contributed by atoms with E-state index in [-0.39, 0.29) is 0 Å². The van der Waals surface area contributed by atoms with Crippen molar-refractivity contribution in [3.63, 3.8) is 0 Å². The average molecular weight is 435 g/mol. The van der Waals surface area contributed by atoms with E-state index in [0.29, 0.717) is 12.0 Å². The number of hydrogen-bond donors (Lipinski definition) is 3. The molecule has 0 radical (unpaired) electrons. The van der Waals surface area contributed by atoms with Gasteiger partial charge in [-0.2, -0.15) is 5.10 Å². The van der Waals surface area contributed by atoms with Crippen LogP contribution in [0, 0.1) is 5.92 Å². The summed E-state index contributed by atoms with van der Waals surface area (Å²) in [4.78, 5) is 10.2. The summed E-state index contributed by atoms with van der Waals surface area (Å²) in [5.41, 5.74) is 6.39. The Labute approximate surface area is 193 Å². The highest BCUT2D eigenvalue weighted by Crippen LogP contribution is 2.37. The summed E-state index contributed by atoms with van der Waals surface area (Å²) < 4.78 is 0. The molecule has 164 valence electrons. The minimum atomic E-state index is -0.820. The second kappa shape index (κ2) is 8.50. The van der Waals surface area contributed by atoms with Gasteiger partial charge in [0.1, 0.15) is 5.65 Å². The lowest BCUT2D eigenvalue weighted by Crippen LogP contribution is -2.53. The van der Waals surface area contributed by atoms with Crippen molar-refractivity contribution >= 4 is 29.3 Å². The van der Waals surface area contributed by atoms with Crippen LogP contribution in [0.3, 0.4) is 0 Å². The van der Waals surface area contributed by atoms with Crippen LogP contribution in [0.4, 0.5) is 0 Å². The van der Waals surface area contributed by atoms with Gasteiger partial charge in [-0.25, -0.2) is 4.98 Å². The summed E-state index contributed by atoms with van der Waals surface area (Å²) in [5.74, 6) is 0.350. The smallest absolute Gasteiger partial charge is 0.428 e. The first-order valence-electron chi connectivity index (χ1n) is 11.6. The van der Waals surface area contributed by atoms with E-state index in [0.717, 1.165) is 53.7 Å². The molecule has 4 aromatic rings. The number of nitrogens with zero attached hydrogens (tertiary/aromatic N) is 3. The lowest BCUT2D eigenvalue weighted by molar-refractivity contribution is 0.0898. The number of benzene rings is 2. The van der Waals surface area contributed by atoms with Crippen molar-refractivity contribution in [2.24, 2.45) is 11.0 Å². The highest BCUT2D eigenvalue weighted by atomic mass is 16.2. The quantitative estimate of drug-likeness (QED) is 0.407. The lowest BCUT2D eigenvalue weighted by Gasteiger charge is -2.44. The van der Waals surface area contributed by atoms with Crippen molar-refractivity contribution in [1.29, 1.82) is 0 Å². The van der Waals surface area contributed by atoms with Crippen LogP contribution in [0.5, 0.6) is 0 Å². The molecule has 0 spiro atoms. The van der Waals surface area contributed by atoms with E-state index in [4.69, 9.17) is 0 Å². The van der Waals surface area contributed by atoms with Crippen molar-refractivity contribution in [3.8, 4) is 0 Å². The molecular weight excluding hydrogens is 409 g/mol. The van der Waals surface area contributed by atoms with Crippen molar-refractivity contribution < 1.29 is 5.02 Å². The minimum absolute atomic E-state index is 0.350. The molecule has 33 heavy (non-hydrogen) atoms. The summed E-state index contributed by atoms with van der Waals surface area (Å²) >= 11 is 0. The van der Waals surface area contributed by atoms with E-state index in [2.05, 4.69) is 86.0 Å². The topological polar surface area (TPSA) is 76.5 Å². The van der Waals surface area contributed by atoms with Crippen molar-refractivity contribution in [1.82, 2.24) is 20.2 Å². The molecule has 6 nitrogen and oxygen atoms in total. The van der Waals surface area contributed by atoms with Gasteiger partial charge < -0.3 is 15.3 Å². The molecule has 6 rings (SSSR count). The highest BCUT2D eigenvalue weighted by Gasteiger charge is 2.40. The van der Waals surface area contributed by atoms with E-state index in [1.807, 2.05) is 12.3 Å². The number of fused-ring (bicyclic) bond motifs is 3. The van der Waals surface area contributed by atoms with Gasteiger partial charge in [0.05, 0.1) is 5.71 Å². The Bertz CT molecular complexity index is 1240. The van der Waals surface area contributed by atoms with E-state index in [1.54, 1.807) is 6.20 Å². The summed E-state index contributed by atoms with van der Waals surface area (Å²) in [7, 11) is -0.820. The zero-order valence-corrected chi connectivity index (χ0v) is 18.4. The normalized spacial score (nSPS) is 19.7. The summed E-state index contributed by atoms with van der Waals surface area (Å²) in [6.07, 6.45) is 5.75. The SMILES string of the molecule is OB1NN=C(C2CC(N(Cc3ccccc3)Cc3ccccc3)C2)c2c1cnc1[nH]ccc21. The van der Waals surface area contributed by atoms with Crippen LogP contribution in [-0.2, 0) is 13.1 Å². The van der Waals surface area contributed by atoms with Crippen LogP contribution >= 0.6 is 0 Å². The van der Waals surface area contributed by atoms with Crippen molar-refractivity contribution in [2.75, 3.05) is 0 Å². The number of aromatic nitrogens is 2. The van der Waals surface area contributed by atoms with Crippen LogP contribution < -0.4 is 10.8 Å². The lowest BCUT2D eigenvalue weighted by atomic mass is 9.66. The monoisotopic (exact) mass is 435 g/mol. The third-order valence-corrected chi connectivity index (χ3v) is 6.95. The molecule has 1 aliphatic carbocycles. The number of rotatable bonds is 6. The average Bonchev–Trinajstić information content (AvgIpc) is 3.30. The fourth-order valence-electron chi connectivity index (χ4n) is 5.13. The molecule has 2 aliphatic rings. The molecule has 0 saturated heterocycles. The first-order valence-corrected chi connectivity index (χ1v) is 11.6. The van der Waals surface area contributed by atoms with Crippen molar-refractivity contribution in [3.05, 3.63) is 95.8 Å². The van der Waals surface area contributed by atoms with E-state index in [1.165, 1.54) is 11.1 Å². The van der Waals surface area contributed by atoms with E-state index >= 15 is 0 Å². The van der Waals surface area contributed by atoms with E-state index < -0.39 is 7.05 Å². The molecule has 0 atom stereocenters. The molecule has 3 heterocycles. The second-order valence-corrected chi connectivity index (χ2v) is 9.06. The maximum Gasteiger partial charge on any atom is 0.465 e. The number of hydrogen-bond acceptors (Lipinski definition) is 5. The number of pyridine rings is 1. The Hall–Kier alpha value is -3.42. The standard InChI is InChI=1S/C26H26BN5O/c33-27-23-15-29-26-22(11-12-28-26)24(23)25(30-31-27)20-13-21(14-20)32(16-18-7-3-1-4-8-18)17-19-9-5-2-6-10-19/h1-12,15,20-21,31,33H,13-14,16-17H2,(H,28,29). The van der Waals surface area contributed by atoms with E-state index in [9.17, 15) is 5.02 Å². The molecule has 2 aromatic carbocycles. The molecule has 7 heteroatoms. The summed E-state index contributed by atoms with van der Waals surface area (Å²) in [5, 5.41) is 19.0. The predicted octanol–water partition coefficient (Wildman–Crippen LogP) is 3.04. The molecule has 0 bridgehead atoms. The van der Waals surface area contributed by atoms with Gasteiger partial charge in [-0.15, -0.1) is 0 Å². The van der Waals surface area contributed by atoms with Gasteiger partial charge in [0.2, 0.25) is 0 Å². The highest BCUT2D eigenvalue weighted by molar-refractivity contribution is 6.66. The summed E-state index contributed by atoms with van der Waals surface area (Å²) in [6, 6.07) is 23.9. The van der Waals surface area contributed by atoms with Crippen LogP contribution in [-0.4, -0.2) is 38.7 Å². The second-order valence-electron chi connectivity index (χ2n) is 9.06. The fraction of sp³-hybridized carbons (Fsp3) is 0.231. The van der Waals surface area contributed by atoms with Gasteiger partial charge in [0.25, 0.3) is 0 Å². The zero-order chi connectivity index (χ0) is 22.2. The molecular formula is C26H26BN5O. The van der Waals surface area contributed by atoms with Gasteiger partial charge >= 0.3 is 7.05 Å². The van der Waals surface area contributed by atoms with Gasteiger partial charge in [-0.05, 0) is 30.0 Å². The molecule has 0 amide bonds. The number of hydrazone groups is 1. The number of aromatic amines is 1. The molecule has 2 aromatic heterocycles. The van der Waals surface area contributed by atoms with Crippen LogP contribution in [0.2, 0.25) is 0 Å². The first kappa shape index (κ1) is 20.2. The summed E-state index contributed by atoms with van der Waals surface area (Å²) in [6.45, 7) is 1.86. The molecule has 0 unspecified atom stereocenters. The number of nitrogens with one attached hydrogen (secondary N) is 2. The molecule has 1 saturated carbocycles. The maximum atomic E-state index is 10.4. The third kappa shape index (κ3) is 3.83. The predicted molar refractivity (Wildman–Crippen MR) is 132 cm³/mol. The van der Waals surface area contributed by atoms with Gasteiger partial charge in [-0.3, -0.25) is 4.90 Å². The fourth-order valence-corrected chi connectivity index (χ4v) is 5.13. The third-order valence-electron chi connectivity index (χ3n) is 6.95. The zero-order valence-electron chi connectivity index (χ0n) is 18.4. The van der Waals surface area contributed by atoms with Crippen LogP contribution in [0.25, 0.3) is 11.0 Å². The van der Waals surface area contributed by atoms with Crippen molar-refractivity contribution in [2.45, 2.75) is 32.0 Å². The Kier molecular flexibility index (Phi) is 5.21. The Morgan fingerprint density at radius 1 is 0.939 bits per heavy atom. The largest absolute Gasteiger partial charge is 0.465 e. The molecule has 3 N–H and O–H groups in total.